The van der Waals surface area contributed by atoms with Gasteiger partial charge in [-0.1, -0.05) is 0 Å². The van der Waals surface area contributed by atoms with Crippen molar-refractivity contribution in [1.29, 1.82) is 0 Å². The molecule has 0 unspecified atom stereocenters. The maximum absolute atomic E-state index is 12.2. The molecule has 9 nitrogen and oxygen atoms in total. The van der Waals surface area contributed by atoms with Gasteiger partial charge in [0, 0.05) is 13.3 Å². The minimum Gasteiger partial charge on any atom is -0.394 e. The number of aliphatic hydroxyl groups excluding tert-OH is 3. The summed E-state index contributed by atoms with van der Waals surface area (Å²) in [6.45, 7) is -0.331. The molecule has 3 heterocycles. The highest BCUT2D eigenvalue weighted by molar-refractivity contribution is 5.74. The minimum atomic E-state index is -1.23. The predicted octanol–water partition coefficient (Wildman–Crippen LogP) is -1.59. The van der Waals surface area contributed by atoms with Crippen molar-refractivity contribution in [1.82, 2.24) is 14.1 Å². The summed E-state index contributed by atoms with van der Waals surface area (Å²) >= 11 is 0. The minimum absolute atomic E-state index is 0.0841. The summed E-state index contributed by atoms with van der Waals surface area (Å²) in [7, 11) is 1.47. The van der Waals surface area contributed by atoms with Gasteiger partial charge in [-0.25, -0.2) is 4.98 Å². The quantitative estimate of drug-likeness (QED) is 0.623. The first-order valence-corrected chi connectivity index (χ1v) is 6.76. The second-order valence-corrected chi connectivity index (χ2v) is 5.13. The Morgan fingerprint density at radius 1 is 1.41 bits per heavy atom. The van der Waals surface area contributed by atoms with Crippen LogP contribution in [0.25, 0.3) is 11.0 Å². The van der Waals surface area contributed by atoms with E-state index in [0.717, 1.165) is 0 Å². The van der Waals surface area contributed by atoms with Crippen molar-refractivity contribution < 1.29 is 24.8 Å². The molecule has 1 aliphatic rings. The number of nitrogens with zero attached hydrogens (tertiary/aromatic N) is 3. The number of aromatic nitrogens is 3. The molecule has 0 aliphatic carbocycles. The molecule has 2 aromatic rings. The number of rotatable bonds is 4. The van der Waals surface area contributed by atoms with Crippen molar-refractivity contribution in [3.05, 3.63) is 28.9 Å². The van der Waals surface area contributed by atoms with Gasteiger partial charge >= 0.3 is 0 Å². The van der Waals surface area contributed by atoms with Crippen molar-refractivity contribution in [2.75, 3.05) is 13.7 Å². The van der Waals surface area contributed by atoms with Crippen molar-refractivity contribution in [3.8, 4) is 0 Å². The maximum Gasteiger partial charge on any atom is 0.264 e. The number of hydrogen-bond donors (Lipinski definition) is 3. The van der Waals surface area contributed by atoms with Gasteiger partial charge < -0.3 is 29.4 Å². The lowest BCUT2D eigenvalue weighted by molar-refractivity contribution is -0.0508. The number of hydrogen-bond acceptors (Lipinski definition) is 7. The molecule has 3 rings (SSSR count). The fourth-order valence-electron chi connectivity index (χ4n) is 2.62. The molecule has 3 N–H and O–H groups in total. The molecule has 1 fully saturated rings. The summed E-state index contributed by atoms with van der Waals surface area (Å²) in [4.78, 5) is 16.4. The van der Waals surface area contributed by atoms with Gasteiger partial charge in [0.1, 0.15) is 37.0 Å². The van der Waals surface area contributed by atoms with Crippen LogP contribution in [0.1, 0.15) is 6.23 Å². The van der Waals surface area contributed by atoms with Gasteiger partial charge in [0.05, 0.1) is 12.0 Å². The summed E-state index contributed by atoms with van der Waals surface area (Å²) in [6.07, 6.45) is -1.35. The van der Waals surface area contributed by atoms with Gasteiger partial charge in [-0.15, -0.1) is 0 Å². The van der Waals surface area contributed by atoms with E-state index in [1.54, 1.807) is 12.3 Å². The summed E-state index contributed by atoms with van der Waals surface area (Å²) < 4.78 is 13.1. The van der Waals surface area contributed by atoms with E-state index in [1.165, 1.54) is 22.6 Å². The van der Waals surface area contributed by atoms with Crippen LogP contribution in [-0.4, -0.2) is 61.5 Å². The Morgan fingerprint density at radius 3 is 2.82 bits per heavy atom. The van der Waals surface area contributed by atoms with Gasteiger partial charge in [-0.3, -0.25) is 9.36 Å². The molecule has 0 saturated carbocycles. The number of aliphatic hydroxyl groups is 3. The first-order chi connectivity index (χ1) is 10.6. The second-order valence-electron chi connectivity index (χ2n) is 5.13. The molecule has 0 spiro atoms. The zero-order chi connectivity index (χ0) is 15.9. The van der Waals surface area contributed by atoms with Crippen LogP contribution in [-0.2, 0) is 16.2 Å². The molecular weight excluding hydrogens is 294 g/mol. The fraction of sp³-hybridized carbons (Fsp3) is 0.538. The van der Waals surface area contributed by atoms with E-state index in [9.17, 15) is 15.0 Å². The SMILES string of the molecule is COCn1cnc2c(ccn2[C@H]2O[C@@H](CO)[C@@H](O)[C@@H]2O)c1=O. The van der Waals surface area contributed by atoms with Crippen LogP contribution < -0.4 is 5.56 Å². The van der Waals surface area contributed by atoms with Crippen LogP contribution in [0.4, 0.5) is 0 Å². The standard InChI is InChI=1S/C13H17N3O6/c1-21-6-15-5-14-11-7(12(15)20)2-3-16(11)13-10(19)9(18)8(4-17)22-13/h2-3,5,8-10,13,17-19H,4,6H2,1H3/t8-,9+,10-,13-/m0/s1. The Morgan fingerprint density at radius 2 is 2.18 bits per heavy atom. The van der Waals surface area contributed by atoms with Crippen LogP contribution in [0.15, 0.2) is 23.4 Å². The van der Waals surface area contributed by atoms with E-state index in [2.05, 4.69) is 4.98 Å². The summed E-state index contributed by atoms with van der Waals surface area (Å²) in [5.74, 6) is 0. The monoisotopic (exact) mass is 311 g/mol. The Balaban J connectivity index is 2.03. The largest absolute Gasteiger partial charge is 0.394 e. The molecule has 0 radical (unpaired) electrons. The van der Waals surface area contributed by atoms with Crippen LogP contribution in [0.3, 0.4) is 0 Å². The molecule has 0 aromatic carbocycles. The van der Waals surface area contributed by atoms with Crippen molar-refractivity contribution in [2.24, 2.45) is 0 Å². The van der Waals surface area contributed by atoms with E-state index < -0.39 is 31.1 Å². The molecule has 0 bridgehead atoms. The van der Waals surface area contributed by atoms with Gasteiger partial charge in [0.15, 0.2) is 6.23 Å². The molecule has 1 aliphatic heterocycles. The number of fused-ring (bicyclic) bond motifs is 1. The Hall–Kier alpha value is -1.78. The van der Waals surface area contributed by atoms with E-state index >= 15 is 0 Å². The molecule has 22 heavy (non-hydrogen) atoms. The third-order valence-electron chi connectivity index (χ3n) is 3.76. The average Bonchev–Trinajstić information content (AvgIpc) is 3.05. The summed E-state index contributed by atoms with van der Waals surface area (Å²) in [5.41, 5.74) is 0.0459. The molecule has 4 atom stereocenters. The lowest BCUT2D eigenvalue weighted by Gasteiger charge is -2.17. The first kappa shape index (κ1) is 15.1. The normalized spacial score (nSPS) is 28.5. The second kappa shape index (κ2) is 5.78. The van der Waals surface area contributed by atoms with E-state index in [0.29, 0.717) is 11.0 Å². The zero-order valence-corrected chi connectivity index (χ0v) is 11.9. The van der Waals surface area contributed by atoms with Gasteiger partial charge in [0.25, 0.3) is 5.56 Å². The lowest BCUT2D eigenvalue weighted by Crippen LogP contribution is -2.33. The Kier molecular flexibility index (Phi) is 3.98. The molecule has 1 saturated heterocycles. The summed E-state index contributed by atoms with van der Waals surface area (Å²) in [6, 6.07) is 1.56. The van der Waals surface area contributed by atoms with Gasteiger partial charge in [-0.05, 0) is 6.07 Å². The highest BCUT2D eigenvalue weighted by Gasteiger charge is 2.43. The van der Waals surface area contributed by atoms with E-state index in [-0.39, 0.29) is 12.3 Å². The first-order valence-electron chi connectivity index (χ1n) is 6.76. The highest BCUT2D eigenvalue weighted by Crippen LogP contribution is 2.31. The third kappa shape index (κ3) is 2.23. The molecule has 120 valence electrons. The smallest absolute Gasteiger partial charge is 0.264 e. The lowest BCUT2D eigenvalue weighted by atomic mass is 10.1. The molecule has 9 heteroatoms. The van der Waals surface area contributed by atoms with Crippen LogP contribution in [0.2, 0.25) is 0 Å². The Bertz CT molecular complexity index is 726. The molecule has 0 amide bonds. The van der Waals surface area contributed by atoms with Crippen molar-refractivity contribution in [2.45, 2.75) is 31.3 Å². The average molecular weight is 311 g/mol. The van der Waals surface area contributed by atoms with Crippen molar-refractivity contribution >= 4 is 11.0 Å². The zero-order valence-electron chi connectivity index (χ0n) is 11.9. The topological polar surface area (TPSA) is 119 Å². The van der Waals surface area contributed by atoms with E-state index in [4.69, 9.17) is 14.6 Å². The van der Waals surface area contributed by atoms with E-state index in [1.807, 2.05) is 0 Å². The summed E-state index contributed by atoms with van der Waals surface area (Å²) in [5, 5.41) is 29.4. The van der Waals surface area contributed by atoms with Crippen LogP contribution >= 0.6 is 0 Å². The van der Waals surface area contributed by atoms with Gasteiger partial charge in [0.2, 0.25) is 0 Å². The maximum atomic E-state index is 12.2. The number of ether oxygens (including phenoxy) is 2. The fourth-order valence-corrected chi connectivity index (χ4v) is 2.62. The van der Waals surface area contributed by atoms with Crippen LogP contribution in [0.5, 0.6) is 0 Å². The van der Waals surface area contributed by atoms with Crippen molar-refractivity contribution in [3.63, 3.8) is 0 Å². The van der Waals surface area contributed by atoms with Crippen LogP contribution in [0, 0.1) is 0 Å². The number of methoxy groups -OCH3 is 1. The Labute approximate surface area is 125 Å². The molecular formula is C13H17N3O6. The van der Waals surface area contributed by atoms with Gasteiger partial charge in [-0.2, -0.15) is 0 Å². The highest BCUT2D eigenvalue weighted by atomic mass is 16.6. The third-order valence-corrected chi connectivity index (χ3v) is 3.76. The predicted molar refractivity (Wildman–Crippen MR) is 74.0 cm³/mol. The molecule has 2 aromatic heterocycles.